The Hall–Kier alpha value is -0.200. The minimum absolute atomic E-state index is 0.0404. The van der Waals surface area contributed by atoms with E-state index in [0.29, 0.717) is 6.61 Å². The molecule has 0 aromatic heterocycles. The van der Waals surface area contributed by atoms with Crippen LogP contribution in [0.5, 0.6) is 0 Å². The van der Waals surface area contributed by atoms with Gasteiger partial charge in [0.05, 0.1) is 6.61 Å². The first-order valence-corrected chi connectivity index (χ1v) is 4.67. The van der Waals surface area contributed by atoms with Crippen molar-refractivity contribution < 1.29 is 23.7 Å². The standard InChI is InChI=1S/C9H16O5/c1-10-6-5-4-13-9(14-5)8(12-3)7(6)11-2/h5-9H,4H2,1-3H3/t5-,6+,7+,8-,9?/m1/s1. The average molecular weight is 204 g/mol. The molecule has 2 saturated heterocycles. The van der Waals surface area contributed by atoms with Crippen molar-refractivity contribution >= 4 is 0 Å². The second kappa shape index (κ2) is 4.12. The SMILES string of the molecule is CO[C@@H]1[C@H](OC)[C@@H](OC)C2OC[C@H]1O2. The van der Waals surface area contributed by atoms with E-state index in [1.54, 1.807) is 21.3 Å². The summed E-state index contributed by atoms with van der Waals surface area (Å²) in [4.78, 5) is 0. The largest absolute Gasteiger partial charge is 0.376 e. The van der Waals surface area contributed by atoms with Crippen LogP contribution in [0.2, 0.25) is 0 Å². The van der Waals surface area contributed by atoms with E-state index < -0.39 is 0 Å². The van der Waals surface area contributed by atoms with E-state index in [4.69, 9.17) is 23.7 Å². The Balaban J connectivity index is 2.16. The maximum atomic E-state index is 5.58. The predicted octanol–water partition coefficient (Wildman–Crippen LogP) is -0.214. The maximum absolute atomic E-state index is 5.58. The molecule has 0 saturated carbocycles. The van der Waals surface area contributed by atoms with E-state index in [1.165, 1.54) is 0 Å². The molecule has 2 bridgehead atoms. The van der Waals surface area contributed by atoms with E-state index in [9.17, 15) is 0 Å². The highest BCUT2D eigenvalue weighted by atomic mass is 16.8. The molecule has 2 heterocycles. The smallest absolute Gasteiger partial charge is 0.187 e. The molecular weight excluding hydrogens is 188 g/mol. The minimum atomic E-state index is -0.318. The average Bonchev–Trinajstić information content (AvgIpc) is 2.63. The first-order valence-electron chi connectivity index (χ1n) is 4.67. The number of hydrogen-bond acceptors (Lipinski definition) is 5. The molecule has 0 amide bonds. The lowest BCUT2D eigenvalue weighted by Crippen LogP contribution is -2.56. The van der Waals surface area contributed by atoms with Crippen molar-refractivity contribution in [2.45, 2.75) is 30.7 Å². The van der Waals surface area contributed by atoms with Crippen LogP contribution in [0, 0.1) is 0 Å². The van der Waals surface area contributed by atoms with Crippen LogP contribution in [0.4, 0.5) is 0 Å². The Morgan fingerprint density at radius 3 is 2.14 bits per heavy atom. The molecule has 5 nitrogen and oxygen atoms in total. The fourth-order valence-corrected chi connectivity index (χ4v) is 2.14. The Morgan fingerprint density at radius 2 is 1.57 bits per heavy atom. The Labute approximate surface area is 83.2 Å². The molecule has 0 spiro atoms. The summed E-state index contributed by atoms with van der Waals surface area (Å²) in [6, 6.07) is 0. The fourth-order valence-electron chi connectivity index (χ4n) is 2.14. The molecule has 1 unspecified atom stereocenters. The van der Waals surface area contributed by atoms with Crippen molar-refractivity contribution in [1.29, 1.82) is 0 Å². The normalized spacial score (nSPS) is 46.9. The van der Waals surface area contributed by atoms with Gasteiger partial charge in [-0.1, -0.05) is 0 Å². The summed E-state index contributed by atoms with van der Waals surface area (Å²) in [7, 11) is 4.91. The van der Waals surface area contributed by atoms with Crippen molar-refractivity contribution in [2.75, 3.05) is 27.9 Å². The van der Waals surface area contributed by atoms with Gasteiger partial charge in [-0.2, -0.15) is 0 Å². The topological polar surface area (TPSA) is 46.2 Å². The number of hydrogen-bond donors (Lipinski definition) is 0. The quantitative estimate of drug-likeness (QED) is 0.636. The van der Waals surface area contributed by atoms with Crippen LogP contribution in [0.25, 0.3) is 0 Å². The Morgan fingerprint density at radius 1 is 0.929 bits per heavy atom. The third kappa shape index (κ3) is 1.45. The second-order valence-electron chi connectivity index (χ2n) is 3.48. The van der Waals surface area contributed by atoms with E-state index in [0.717, 1.165) is 0 Å². The lowest BCUT2D eigenvalue weighted by Gasteiger charge is -2.38. The highest BCUT2D eigenvalue weighted by Gasteiger charge is 2.51. The minimum Gasteiger partial charge on any atom is -0.376 e. The monoisotopic (exact) mass is 204 g/mol. The fraction of sp³-hybridized carbons (Fsp3) is 1.00. The van der Waals surface area contributed by atoms with Gasteiger partial charge in [-0.05, 0) is 0 Å². The molecule has 2 rings (SSSR count). The lowest BCUT2D eigenvalue weighted by atomic mass is 10.0. The molecule has 82 valence electrons. The summed E-state index contributed by atoms with van der Waals surface area (Å²) in [5.41, 5.74) is 0. The third-order valence-corrected chi connectivity index (χ3v) is 2.83. The number of fused-ring (bicyclic) bond motifs is 2. The molecule has 2 fully saturated rings. The number of methoxy groups -OCH3 is 3. The Bertz CT molecular complexity index is 180. The second-order valence-corrected chi connectivity index (χ2v) is 3.48. The van der Waals surface area contributed by atoms with Crippen LogP contribution >= 0.6 is 0 Å². The summed E-state index contributed by atoms with van der Waals surface area (Å²) in [6.07, 6.45) is -0.827. The van der Waals surface area contributed by atoms with Crippen LogP contribution in [0.1, 0.15) is 0 Å². The molecule has 0 N–H and O–H groups in total. The van der Waals surface area contributed by atoms with Crippen LogP contribution in [-0.2, 0) is 23.7 Å². The number of ether oxygens (including phenoxy) is 5. The van der Waals surface area contributed by atoms with Crippen molar-refractivity contribution in [3.05, 3.63) is 0 Å². The molecule has 0 aliphatic carbocycles. The van der Waals surface area contributed by atoms with Gasteiger partial charge in [0.25, 0.3) is 0 Å². The van der Waals surface area contributed by atoms with Crippen molar-refractivity contribution in [1.82, 2.24) is 0 Å². The molecular formula is C9H16O5. The molecule has 14 heavy (non-hydrogen) atoms. The van der Waals surface area contributed by atoms with Crippen LogP contribution in [-0.4, -0.2) is 58.6 Å². The van der Waals surface area contributed by atoms with Gasteiger partial charge in [0.1, 0.15) is 24.4 Å². The van der Waals surface area contributed by atoms with E-state index in [1.807, 2.05) is 0 Å². The molecule has 5 heteroatoms. The summed E-state index contributed by atoms with van der Waals surface area (Å²) in [5, 5.41) is 0. The van der Waals surface area contributed by atoms with Gasteiger partial charge in [0.2, 0.25) is 0 Å². The van der Waals surface area contributed by atoms with Gasteiger partial charge in [0.15, 0.2) is 6.29 Å². The van der Waals surface area contributed by atoms with Crippen molar-refractivity contribution in [3.8, 4) is 0 Å². The summed E-state index contributed by atoms with van der Waals surface area (Å²) >= 11 is 0. The van der Waals surface area contributed by atoms with Crippen molar-refractivity contribution in [2.24, 2.45) is 0 Å². The van der Waals surface area contributed by atoms with Gasteiger partial charge in [-0.3, -0.25) is 0 Å². The Kier molecular flexibility index (Phi) is 3.04. The van der Waals surface area contributed by atoms with Gasteiger partial charge in [-0.15, -0.1) is 0 Å². The van der Waals surface area contributed by atoms with E-state index in [2.05, 4.69) is 0 Å². The lowest BCUT2D eigenvalue weighted by molar-refractivity contribution is -0.246. The maximum Gasteiger partial charge on any atom is 0.187 e. The highest BCUT2D eigenvalue weighted by molar-refractivity contribution is 4.95. The molecule has 2 aliphatic rings. The highest BCUT2D eigenvalue weighted by Crippen LogP contribution is 2.32. The van der Waals surface area contributed by atoms with Crippen LogP contribution < -0.4 is 0 Å². The van der Waals surface area contributed by atoms with Crippen molar-refractivity contribution in [3.63, 3.8) is 0 Å². The van der Waals surface area contributed by atoms with Gasteiger partial charge in [0, 0.05) is 21.3 Å². The van der Waals surface area contributed by atoms with Gasteiger partial charge in [-0.25, -0.2) is 0 Å². The van der Waals surface area contributed by atoms with E-state index >= 15 is 0 Å². The van der Waals surface area contributed by atoms with Gasteiger partial charge < -0.3 is 23.7 Å². The summed E-state index contributed by atoms with van der Waals surface area (Å²) in [6.45, 7) is 0.545. The first kappa shape index (κ1) is 10.3. The zero-order valence-electron chi connectivity index (χ0n) is 8.64. The summed E-state index contributed by atoms with van der Waals surface area (Å²) in [5.74, 6) is 0. The predicted molar refractivity (Wildman–Crippen MR) is 47.0 cm³/mol. The van der Waals surface area contributed by atoms with Gasteiger partial charge >= 0.3 is 0 Å². The third-order valence-electron chi connectivity index (χ3n) is 2.83. The molecule has 5 atom stereocenters. The van der Waals surface area contributed by atoms with Crippen LogP contribution in [0.3, 0.4) is 0 Å². The zero-order chi connectivity index (χ0) is 10.1. The summed E-state index contributed by atoms with van der Waals surface area (Å²) < 4.78 is 27.0. The molecule has 0 aromatic carbocycles. The van der Waals surface area contributed by atoms with Crippen LogP contribution in [0.15, 0.2) is 0 Å². The molecule has 0 aromatic rings. The molecule has 0 radical (unpaired) electrons. The first-order chi connectivity index (χ1) is 6.81. The van der Waals surface area contributed by atoms with E-state index in [-0.39, 0.29) is 30.7 Å². The zero-order valence-corrected chi connectivity index (χ0v) is 8.64. The number of rotatable bonds is 3. The molecule has 2 aliphatic heterocycles.